The molecule has 0 bridgehead atoms. The molecular weight excluding hydrogens is 364 g/mol. The van der Waals surface area contributed by atoms with E-state index in [9.17, 15) is 12.8 Å². The fourth-order valence-electron chi connectivity index (χ4n) is 3.13. The maximum Gasteiger partial charge on any atom is 0.247 e. The van der Waals surface area contributed by atoms with Gasteiger partial charge >= 0.3 is 0 Å². The zero-order valence-corrected chi connectivity index (χ0v) is 14.9. The molecule has 5 nitrogen and oxygen atoms in total. The third-order valence-electron chi connectivity index (χ3n) is 4.31. The van der Waals surface area contributed by atoms with E-state index in [1.807, 2.05) is 0 Å². The van der Waals surface area contributed by atoms with Gasteiger partial charge in [0.15, 0.2) is 0 Å². The molecule has 2 aliphatic heterocycles. The van der Waals surface area contributed by atoms with Gasteiger partial charge in [0.1, 0.15) is 10.7 Å². The van der Waals surface area contributed by atoms with Crippen LogP contribution in [0.3, 0.4) is 0 Å². The highest BCUT2D eigenvalue weighted by molar-refractivity contribution is 7.89. The van der Waals surface area contributed by atoms with Crippen molar-refractivity contribution in [3.8, 4) is 0 Å². The summed E-state index contributed by atoms with van der Waals surface area (Å²) in [7, 11) is -3.89. The molecule has 2 heterocycles. The summed E-state index contributed by atoms with van der Waals surface area (Å²) in [6.45, 7) is 4.47. The highest BCUT2D eigenvalue weighted by Crippen LogP contribution is 2.30. The van der Waals surface area contributed by atoms with Gasteiger partial charge in [0.2, 0.25) is 10.0 Å². The lowest BCUT2D eigenvalue weighted by atomic mass is 10.2. The van der Waals surface area contributed by atoms with Gasteiger partial charge in [0, 0.05) is 45.3 Å². The standard InChI is InChI=1S/C14H19ClFN3O2S.ClH/c15-12-2-1-3-13(16)14(12)22(20,21)19-7-4-11(10-19)18-8-5-17-6-9-18;/h1-3,11,17H,4-10H2;1H. The second-order valence-corrected chi connectivity index (χ2v) is 7.92. The van der Waals surface area contributed by atoms with Crippen LogP contribution in [0, 0.1) is 5.82 Å². The van der Waals surface area contributed by atoms with E-state index < -0.39 is 20.7 Å². The molecule has 1 atom stereocenters. The molecule has 1 N–H and O–H groups in total. The smallest absolute Gasteiger partial charge is 0.247 e. The summed E-state index contributed by atoms with van der Waals surface area (Å²) in [6.07, 6.45) is 0.769. The quantitative estimate of drug-likeness (QED) is 0.860. The van der Waals surface area contributed by atoms with Crippen LogP contribution in [0.15, 0.2) is 23.1 Å². The van der Waals surface area contributed by atoms with Crippen LogP contribution >= 0.6 is 24.0 Å². The van der Waals surface area contributed by atoms with E-state index in [0.717, 1.165) is 38.7 Å². The zero-order chi connectivity index (χ0) is 15.7. The number of benzene rings is 1. The van der Waals surface area contributed by atoms with Crippen LogP contribution in [0.25, 0.3) is 0 Å². The number of halogens is 3. The first-order valence-corrected chi connectivity index (χ1v) is 9.21. The van der Waals surface area contributed by atoms with Crippen LogP contribution in [0.2, 0.25) is 5.02 Å². The van der Waals surface area contributed by atoms with Gasteiger partial charge in [0.25, 0.3) is 0 Å². The third-order valence-corrected chi connectivity index (χ3v) is 6.68. The van der Waals surface area contributed by atoms with Gasteiger partial charge in [-0.05, 0) is 18.6 Å². The van der Waals surface area contributed by atoms with Gasteiger partial charge in [-0.15, -0.1) is 12.4 Å². The maximum absolute atomic E-state index is 13.9. The van der Waals surface area contributed by atoms with E-state index in [-0.39, 0.29) is 23.5 Å². The van der Waals surface area contributed by atoms with Crippen molar-refractivity contribution in [2.45, 2.75) is 17.4 Å². The van der Waals surface area contributed by atoms with Crippen LogP contribution in [0.5, 0.6) is 0 Å². The SMILES string of the molecule is Cl.O=S(=O)(c1c(F)cccc1Cl)N1CCC(N2CCNCC2)C1. The molecule has 1 unspecified atom stereocenters. The number of rotatable bonds is 3. The Morgan fingerprint density at radius 1 is 1.22 bits per heavy atom. The molecule has 0 radical (unpaired) electrons. The lowest BCUT2D eigenvalue weighted by Gasteiger charge is -2.32. The monoisotopic (exact) mass is 383 g/mol. The number of piperazine rings is 1. The molecule has 0 spiro atoms. The first kappa shape index (κ1) is 18.9. The van der Waals surface area contributed by atoms with Gasteiger partial charge in [-0.25, -0.2) is 12.8 Å². The Hall–Kier alpha value is -0.440. The lowest BCUT2D eigenvalue weighted by molar-refractivity contribution is 0.179. The predicted molar refractivity (Wildman–Crippen MR) is 90.3 cm³/mol. The molecule has 2 fully saturated rings. The van der Waals surface area contributed by atoms with Crippen LogP contribution < -0.4 is 5.32 Å². The van der Waals surface area contributed by atoms with Crippen LogP contribution in [-0.4, -0.2) is 62.9 Å². The van der Waals surface area contributed by atoms with Crippen molar-refractivity contribution in [1.29, 1.82) is 0 Å². The largest absolute Gasteiger partial charge is 0.314 e. The molecule has 3 rings (SSSR count). The average Bonchev–Trinajstić information content (AvgIpc) is 2.98. The molecule has 0 aliphatic carbocycles. The fourth-order valence-corrected chi connectivity index (χ4v) is 5.19. The van der Waals surface area contributed by atoms with E-state index in [4.69, 9.17) is 11.6 Å². The van der Waals surface area contributed by atoms with Gasteiger partial charge in [-0.3, -0.25) is 4.90 Å². The Morgan fingerprint density at radius 2 is 1.91 bits per heavy atom. The molecule has 23 heavy (non-hydrogen) atoms. The zero-order valence-electron chi connectivity index (χ0n) is 12.5. The highest BCUT2D eigenvalue weighted by atomic mass is 35.5. The molecular formula is C14H20Cl2FN3O2S. The van der Waals surface area contributed by atoms with Crippen molar-refractivity contribution in [2.24, 2.45) is 0 Å². The summed E-state index contributed by atoms with van der Waals surface area (Å²) in [5.74, 6) is -0.793. The number of nitrogens with zero attached hydrogens (tertiary/aromatic N) is 2. The summed E-state index contributed by atoms with van der Waals surface area (Å²) >= 11 is 5.91. The van der Waals surface area contributed by atoms with Crippen molar-refractivity contribution in [2.75, 3.05) is 39.3 Å². The van der Waals surface area contributed by atoms with E-state index in [2.05, 4.69) is 10.2 Å². The maximum atomic E-state index is 13.9. The number of sulfonamides is 1. The minimum Gasteiger partial charge on any atom is -0.314 e. The molecule has 0 aromatic heterocycles. The third kappa shape index (κ3) is 3.81. The summed E-state index contributed by atoms with van der Waals surface area (Å²) < 4.78 is 40.6. The first-order chi connectivity index (χ1) is 10.5. The van der Waals surface area contributed by atoms with E-state index in [0.29, 0.717) is 13.1 Å². The Balaban J connectivity index is 0.00000192. The fraction of sp³-hybridized carbons (Fsp3) is 0.571. The van der Waals surface area contributed by atoms with Crippen LogP contribution in [0.4, 0.5) is 4.39 Å². The van der Waals surface area contributed by atoms with Crippen LogP contribution in [-0.2, 0) is 10.0 Å². The van der Waals surface area contributed by atoms with Gasteiger partial charge in [-0.2, -0.15) is 4.31 Å². The Morgan fingerprint density at radius 3 is 2.57 bits per heavy atom. The van der Waals surface area contributed by atoms with Crippen molar-refractivity contribution < 1.29 is 12.8 Å². The molecule has 0 amide bonds. The Kier molecular flexibility index (Phi) is 6.27. The highest BCUT2D eigenvalue weighted by Gasteiger charge is 2.37. The van der Waals surface area contributed by atoms with E-state index in [1.54, 1.807) is 0 Å². The molecule has 130 valence electrons. The van der Waals surface area contributed by atoms with Crippen molar-refractivity contribution in [1.82, 2.24) is 14.5 Å². The minimum atomic E-state index is -3.89. The van der Waals surface area contributed by atoms with Gasteiger partial charge in [0.05, 0.1) is 5.02 Å². The van der Waals surface area contributed by atoms with Crippen molar-refractivity contribution in [3.63, 3.8) is 0 Å². The van der Waals surface area contributed by atoms with E-state index in [1.165, 1.54) is 16.4 Å². The average molecular weight is 384 g/mol. The molecule has 2 saturated heterocycles. The summed E-state index contributed by atoms with van der Waals surface area (Å²) in [5.41, 5.74) is 0. The van der Waals surface area contributed by atoms with Crippen molar-refractivity contribution in [3.05, 3.63) is 29.0 Å². The number of nitrogens with one attached hydrogen (secondary N) is 1. The predicted octanol–water partition coefficient (Wildman–Crippen LogP) is 1.57. The van der Waals surface area contributed by atoms with Gasteiger partial charge < -0.3 is 5.32 Å². The van der Waals surface area contributed by atoms with Crippen molar-refractivity contribution >= 4 is 34.0 Å². The summed E-state index contributed by atoms with van der Waals surface area (Å²) in [4.78, 5) is 1.90. The number of hydrogen-bond donors (Lipinski definition) is 1. The number of hydrogen-bond acceptors (Lipinski definition) is 4. The first-order valence-electron chi connectivity index (χ1n) is 7.39. The minimum absolute atomic E-state index is 0. The normalized spacial score (nSPS) is 23.7. The second kappa shape index (κ2) is 7.63. The topological polar surface area (TPSA) is 52.7 Å². The molecule has 0 saturated carbocycles. The lowest BCUT2D eigenvalue weighted by Crippen LogP contribution is -2.49. The Labute approximate surface area is 147 Å². The van der Waals surface area contributed by atoms with E-state index >= 15 is 0 Å². The van der Waals surface area contributed by atoms with Gasteiger partial charge in [-0.1, -0.05) is 17.7 Å². The van der Waals surface area contributed by atoms with Crippen LogP contribution in [0.1, 0.15) is 6.42 Å². The molecule has 1 aromatic rings. The molecule has 9 heteroatoms. The molecule has 2 aliphatic rings. The Bertz CT molecular complexity index is 633. The molecule has 1 aromatic carbocycles. The second-order valence-electron chi connectivity index (χ2n) is 5.64. The summed E-state index contributed by atoms with van der Waals surface area (Å²) in [6, 6.07) is 4.14. The summed E-state index contributed by atoms with van der Waals surface area (Å²) in [5, 5.41) is 3.22.